The van der Waals surface area contributed by atoms with Gasteiger partial charge < -0.3 is 4.74 Å². The Kier molecular flexibility index (Phi) is 3.68. The van der Waals surface area contributed by atoms with Crippen molar-refractivity contribution in [1.82, 2.24) is 0 Å². The molecule has 0 aromatic heterocycles. The Balaban J connectivity index is 1.94. The molecule has 3 rings (SSSR count). The summed E-state index contributed by atoms with van der Waals surface area (Å²) in [5.74, 6) is 0.644. The van der Waals surface area contributed by atoms with E-state index >= 15 is 0 Å². The Morgan fingerprint density at radius 3 is 2.80 bits per heavy atom. The van der Waals surface area contributed by atoms with Crippen LogP contribution < -0.4 is 4.74 Å². The summed E-state index contributed by atoms with van der Waals surface area (Å²) in [5.41, 5.74) is 2.36. The van der Waals surface area contributed by atoms with Crippen LogP contribution in [0.2, 0.25) is 10.0 Å². The normalized spacial score (nSPS) is 12.9. The molecule has 0 N–H and O–H groups in total. The topological polar surface area (TPSA) is 26.3 Å². The standard InChI is InChI=1S/C16H12Cl2O2/c17-12-7-11-5-6-20-16(11)13(9-12)15(19)8-10-3-1-2-4-14(10)18/h1-4,7,9H,5-6,8H2. The number of ether oxygens (including phenoxy) is 1. The van der Waals surface area contributed by atoms with Crippen molar-refractivity contribution >= 4 is 29.0 Å². The summed E-state index contributed by atoms with van der Waals surface area (Å²) in [6.45, 7) is 0.599. The van der Waals surface area contributed by atoms with E-state index in [-0.39, 0.29) is 12.2 Å². The molecule has 1 heterocycles. The lowest BCUT2D eigenvalue weighted by Crippen LogP contribution is -2.06. The molecule has 2 nitrogen and oxygen atoms in total. The summed E-state index contributed by atoms with van der Waals surface area (Å²) in [4.78, 5) is 12.5. The number of carbonyl (C=O) groups is 1. The van der Waals surface area contributed by atoms with Gasteiger partial charge in [0, 0.05) is 22.9 Å². The second-order valence-corrected chi connectivity index (χ2v) is 5.58. The summed E-state index contributed by atoms with van der Waals surface area (Å²) >= 11 is 12.2. The van der Waals surface area contributed by atoms with Crippen LogP contribution in [0, 0.1) is 0 Å². The van der Waals surface area contributed by atoms with Crippen molar-refractivity contribution in [3.63, 3.8) is 0 Å². The Bertz CT molecular complexity index is 680. The third-order valence-electron chi connectivity index (χ3n) is 3.36. The molecule has 2 aromatic carbocycles. The first-order valence-electron chi connectivity index (χ1n) is 6.37. The Morgan fingerprint density at radius 2 is 2.00 bits per heavy atom. The molecule has 20 heavy (non-hydrogen) atoms. The van der Waals surface area contributed by atoms with Gasteiger partial charge in [-0.2, -0.15) is 0 Å². The Labute approximate surface area is 127 Å². The maximum atomic E-state index is 12.5. The molecule has 1 aliphatic rings. The third kappa shape index (κ3) is 2.54. The van der Waals surface area contributed by atoms with Crippen LogP contribution in [0.5, 0.6) is 5.75 Å². The number of carbonyl (C=O) groups excluding carboxylic acids is 1. The first kappa shape index (κ1) is 13.5. The summed E-state index contributed by atoms with van der Waals surface area (Å²) in [6, 6.07) is 10.9. The first-order valence-corrected chi connectivity index (χ1v) is 7.12. The van der Waals surface area contributed by atoms with Gasteiger partial charge in [-0.15, -0.1) is 0 Å². The van der Waals surface area contributed by atoms with Crippen LogP contribution in [0.15, 0.2) is 36.4 Å². The van der Waals surface area contributed by atoms with E-state index in [4.69, 9.17) is 27.9 Å². The largest absolute Gasteiger partial charge is 0.492 e. The lowest BCUT2D eigenvalue weighted by atomic mass is 10.00. The van der Waals surface area contributed by atoms with E-state index in [9.17, 15) is 4.79 Å². The number of benzene rings is 2. The SMILES string of the molecule is O=C(Cc1ccccc1Cl)c1cc(Cl)cc2c1OCC2. The fourth-order valence-electron chi connectivity index (χ4n) is 2.39. The van der Waals surface area contributed by atoms with Crippen molar-refractivity contribution in [2.24, 2.45) is 0 Å². The number of hydrogen-bond donors (Lipinski definition) is 0. The van der Waals surface area contributed by atoms with Crippen LogP contribution in [0.1, 0.15) is 21.5 Å². The molecule has 102 valence electrons. The van der Waals surface area contributed by atoms with Crippen LogP contribution in [0.25, 0.3) is 0 Å². The molecule has 0 fully saturated rings. The van der Waals surface area contributed by atoms with E-state index in [1.54, 1.807) is 12.1 Å². The first-order chi connectivity index (χ1) is 9.65. The number of hydrogen-bond acceptors (Lipinski definition) is 2. The predicted molar refractivity (Wildman–Crippen MR) is 80.1 cm³/mol. The van der Waals surface area contributed by atoms with E-state index in [1.165, 1.54) is 0 Å². The molecule has 0 bridgehead atoms. The number of Topliss-reactive ketones (excluding diaryl/α,β-unsaturated/α-hetero) is 1. The van der Waals surface area contributed by atoms with Crippen LogP contribution in [0.4, 0.5) is 0 Å². The second-order valence-electron chi connectivity index (χ2n) is 4.73. The van der Waals surface area contributed by atoms with Crippen LogP contribution >= 0.6 is 23.2 Å². The van der Waals surface area contributed by atoms with Crippen molar-refractivity contribution in [1.29, 1.82) is 0 Å². The Morgan fingerprint density at radius 1 is 1.20 bits per heavy atom. The molecule has 4 heteroatoms. The molecule has 0 saturated heterocycles. The molecular weight excluding hydrogens is 295 g/mol. The van der Waals surface area contributed by atoms with Gasteiger partial charge in [-0.25, -0.2) is 0 Å². The van der Waals surface area contributed by atoms with Crippen LogP contribution in [-0.4, -0.2) is 12.4 Å². The van der Waals surface area contributed by atoms with Gasteiger partial charge in [-0.05, 0) is 29.3 Å². The average molecular weight is 307 g/mol. The van der Waals surface area contributed by atoms with E-state index in [1.807, 2.05) is 24.3 Å². The Hall–Kier alpha value is -1.51. The summed E-state index contributed by atoms with van der Waals surface area (Å²) in [5, 5.41) is 1.16. The highest BCUT2D eigenvalue weighted by Gasteiger charge is 2.22. The van der Waals surface area contributed by atoms with Gasteiger partial charge in [0.2, 0.25) is 0 Å². The minimum absolute atomic E-state index is 0.0289. The molecule has 1 aliphatic heterocycles. The van der Waals surface area contributed by atoms with Crippen molar-refractivity contribution in [2.75, 3.05) is 6.61 Å². The molecule has 0 radical (unpaired) electrons. The van der Waals surface area contributed by atoms with E-state index in [0.717, 1.165) is 17.5 Å². The van der Waals surface area contributed by atoms with Gasteiger partial charge in [-0.3, -0.25) is 4.79 Å². The number of halogens is 2. The average Bonchev–Trinajstić information content (AvgIpc) is 2.88. The smallest absolute Gasteiger partial charge is 0.171 e. The molecule has 0 unspecified atom stereocenters. The minimum Gasteiger partial charge on any atom is -0.492 e. The zero-order valence-electron chi connectivity index (χ0n) is 10.7. The van der Waals surface area contributed by atoms with E-state index < -0.39 is 0 Å². The molecule has 0 saturated carbocycles. The van der Waals surface area contributed by atoms with Gasteiger partial charge in [-0.1, -0.05) is 41.4 Å². The lowest BCUT2D eigenvalue weighted by Gasteiger charge is -2.09. The fourth-order valence-corrected chi connectivity index (χ4v) is 2.83. The van der Waals surface area contributed by atoms with E-state index in [0.29, 0.717) is 28.0 Å². The maximum absolute atomic E-state index is 12.5. The third-order valence-corrected chi connectivity index (χ3v) is 3.94. The second kappa shape index (κ2) is 5.47. The monoisotopic (exact) mass is 306 g/mol. The number of rotatable bonds is 3. The van der Waals surface area contributed by atoms with Gasteiger partial charge in [0.25, 0.3) is 0 Å². The maximum Gasteiger partial charge on any atom is 0.171 e. The lowest BCUT2D eigenvalue weighted by molar-refractivity contribution is 0.0990. The summed E-state index contributed by atoms with van der Waals surface area (Å²) in [7, 11) is 0. The molecule has 0 spiro atoms. The van der Waals surface area contributed by atoms with Crippen molar-refractivity contribution in [3.8, 4) is 5.75 Å². The molecule has 2 aromatic rings. The highest BCUT2D eigenvalue weighted by molar-refractivity contribution is 6.32. The highest BCUT2D eigenvalue weighted by Crippen LogP contribution is 2.33. The van der Waals surface area contributed by atoms with E-state index in [2.05, 4.69) is 0 Å². The van der Waals surface area contributed by atoms with Crippen LogP contribution in [-0.2, 0) is 12.8 Å². The quantitative estimate of drug-likeness (QED) is 0.788. The van der Waals surface area contributed by atoms with Gasteiger partial charge in [0.05, 0.1) is 12.2 Å². The predicted octanol–water partition coefficient (Wildman–Crippen LogP) is 4.35. The summed E-state index contributed by atoms with van der Waals surface area (Å²) < 4.78 is 5.56. The fraction of sp³-hybridized carbons (Fsp3) is 0.188. The van der Waals surface area contributed by atoms with Gasteiger partial charge in [0.1, 0.15) is 5.75 Å². The molecular formula is C16H12Cl2O2. The van der Waals surface area contributed by atoms with Crippen molar-refractivity contribution in [3.05, 3.63) is 63.1 Å². The zero-order chi connectivity index (χ0) is 14.1. The van der Waals surface area contributed by atoms with Crippen molar-refractivity contribution < 1.29 is 9.53 Å². The van der Waals surface area contributed by atoms with Gasteiger partial charge in [0.15, 0.2) is 5.78 Å². The molecule has 0 aliphatic carbocycles. The van der Waals surface area contributed by atoms with Gasteiger partial charge >= 0.3 is 0 Å². The minimum atomic E-state index is -0.0289. The zero-order valence-corrected chi connectivity index (χ0v) is 12.2. The van der Waals surface area contributed by atoms with Crippen LogP contribution in [0.3, 0.4) is 0 Å². The molecule has 0 amide bonds. The number of fused-ring (bicyclic) bond motifs is 1. The number of ketones is 1. The van der Waals surface area contributed by atoms with Crippen molar-refractivity contribution in [2.45, 2.75) is 12.8 Å². The molecule has 0 atom stereocenters. The highest BCUT2D eigenvalue weighted by atomic mass is 35.5. The summed E-state index contributed by atoms with van der Waals surface area (Å²) in [6.07, 6.45) is 1.04.